The van der Waals surface area contributed by atoms with E-state index in [1.54, 1.807) is 7.05 Å². The summed E-state index contributed by atoms with van der Waals surface area (Å²) in [7, 11) is 1.63. The molecule has 0 aromatic heterocycles. The van der Waals surface area contributed by atoms with Crippen LogP contribution < -0.4 is 10.6 Å². The van der Waals surface area contributed by atoms with Crippen LogP contribution in [0.5, 0.6) is 0 Å². The van der Waals surface area contributed by atoms with E-state index in [9.17, 15) is 14.4 Å². The van der Waals surface area contributed by atoms with Crippen LogP contribution in [0.3, 0.4) is 0 Å². The largest absolute Gasteiger partial charge is 0.341 e. The van der Waals surface area contributed by atoms with E-state index in [2.05, 4.69) is 46.7 Å². The van der Waals surface area contributed by atoms with Gasteiger partial charge >= 0.3 is 6.03 Å². The lowest BCUT2D eigenvalue weighted by Gasteiger charge is -2.32. The Hall–Kier alpha value is -3.03. The zero-order valence-electron chi connectivity index (χ0n) is 18.8. The van der Waals surface area contributed by atoms with Gasteiger partial charge in [-0.25, -0.2) is 9.79 Å². The van der Waals surface area contributed by atoms with Crippen molar-refractivity contribution in [3.8, 4) is 0 Å². The molecule has 3 aliphatic rings. The number of Topliss-reactive ketones (excluding diaryl/α,β-unsaturated/α-hetero) is 1. The molecular formula is C23H31N5O3. The molecule has 0 radical (unpaired) electrons. The summed E-state index contributed by atoms with van der Waals surface area (Å²) in [4.78, 5) is 40.9. The SMILES string of the molecule is CC(=O)C(C(=O)NC1=CCC2=NC(=O)NC2(C)C1)N(C)/N=C1\C=CCC(C(C)C)C=C1. The smallest absolute Gasteiger partial charge is 0.328 e. The lowest BCUT2D eigenvalue weighted by Crippen LogP contribution is -2.51. The molecule has 3 amide bonds. The van der Waals surface area contributed by atoms with E-state index in [-0.39, 0.29) is 11.8 Å². The zero-order valence-corrected chi connectivity index (χ0v) is 18.8. The van der Waals surface area contributed by atoms with E-state index in [4.69, 9.17) is 0 Å². The van der Waals surface area contributed by atoms with Gasteiger partial charge in [-0.3, -0.25) is 14.6 Å². The van der Waals surface area contributed by atoms with Crippen LogP contribution in [-0.4, -0.2) is 52.8 Å². The van der Waals surface area contributed by atoms with Crippen LogP contribution in [0.4, 0.5) is 4.79 Å². The third-order valence-corrected chi connectivity index (χ3v) is 5.97. The number of fused-ring (bicyclic) bond motifs is 1. The standard InChI is InChI=1S/C23H31N5O3/c1-14(2)16-7-6-8-17(10-9-16)27-28(5)20(15(3)29)21(30)24-18-11-12-19-23(4,13-18)26-22(31)25-19/h6,8-11,14,16,20H,7,12-13H2,1-5H3,(H,24,30)(H,26,31)/b27-17+. The number of nitrogens with zero attached hydrogens (tertiary/aromatic N) is 3. The first kappa shape index (κ1) is 22.7. The van der Waals surface area contributed by atoms with Crippen molar-refractivity contribution in [3.05, 3.63) is 36.1 Å². The first-order chi connectivity index (χ1) is 14.6. The van der Waals surface area contributed by atoms with Gasteiger partial charge in [-0.15, -0.1) is 0 Å². The Labute approximate surface area is 183 Å². The second-order valence-corrected chi connectivity index (χ2v) is 8.94. The minimum absolute atomic E-state index is 0.301. The monoisotopic (exact) mass is 425 g/mol. The van der Waals surface area contributed by atoms with E-state index in [0.29, 0.717) is 36.1 Å². The summed E-state index contributed by atoms with van der Waals surface area (Å²) < 4.78 is 0. The average molecular weight is 426 g/mol. The molecule has 0 saturated carbocycles. The van der Waals surface area contributed by atoms with Crippen LogP contribution in [0.1, 0.15) is 47.0 Å². The molecule has 1 aliphatic heterocycles. The van der Waals surface area contributed by atoms with Crippen molar-refractivity contribution < 1.29 is 14.4 Å². The van der Waals surface area contributed by atoms with Crippen LogP contribution in [0.15, 0.2) is 46.2 Å². The highest BCUT2D eigenvalue weighted by Crippen LogP contribution is 2.28. The maximum atomic E-state index is 13.0. The highest BCUT2D eigenvalue weighted by Gasteiger charge is 2.41. The summed E-state index contributed by atoms with van der Waals surface area (Å²) in [5.41, 5.74) is 1.52. The lowest BCUT2D eigenvalue weighted by molar-refractivity contribution is -0.133. The number of likely N-dealkylation sites (N-methyl/N-ethyl adjacent to an activating group) is 1. The van der Waals surface area contributed by atoms with Crippen LogP contribution in [0, 0.1) is 11.8 Å². The average Bonchev–Trinajstić information content (AvgIpc) is 2.81. The van der Waals surface area contributed by atoms with Gasteiger partial charge in [0.1, 0.15) is 0 Å². The first-order valence-electron chi connectivity index (χ1n) is 10.7. The van der Waals surface area contributed by atoms with Gasteiger partial charge < -0.3 is 10.6 Å². The molecule has 3 unspecified atom stereocenters. The second-order valence-electron chi connectivity index (χ2n) is 8.94. The van der Waals surface area contributed by atoms with Crippen molar-refractivity contribution in [2.45, 2.75) is 58.5 Å². The Bertz CT molecular complexity index is 927. The Balaban J connectivity index is 1.71. The number of nitrogens with one attached hydrogen (secondary N) is 2. The molecule has 2 N–H and O–H groups in total. The third kappa shape index (κ3) is 5.18. The molecule has 3 rings (SSSR count). The van der Waals surface area contributed by atoms with E-state index < -0.39 is 17.5 Å². The molecule has 8 heteroatoms. The fraction of sp³-hybridized carbons (Fsp3) is 0.522. The maximum absolute atomic E-state index is 13.0. The topological polar surface area (TPSA) is 103 Å². The predicted molar refractivity (Wildman–Crippen MR) is 121 cm³/mol. The lowest BCUT2D eigenvalue weighted by atomic mass is 9.84. The Morgan fingerprint density at radius 3 is 2.77 bits per heavy atom. The number of urea groups is 1. The normalized spacial score (nSPS) is 27.2. The molecule has 0 spiro atoms. The van der Waals surface area contributed by atoms with E-state index in [1.807, 2.05) is 25.2 Å². The number of amides is 3. The summed E-state index contributed by atoms with van der Waals surface area (Å²) in [6.07, 6.45) is 11.7. The number of hydrogen-bond acceptors (Lipinski definition) is 5. The molecule has 8 nitrogen and oxygen atoms in total. The zero-order chi connectivity index (χ0) is 22.8. The first-order valence-corrected chi connectivity index (χ1v) is 10.7. The molecule has 2 aliphatic carbocycles. The molecule has 0 aromatic rings. The van der Waals surface area contributed by atoms with Crippen LogP contribution in [0.25, 0.3) is 0 Å². The van der Waals surface area contributed by atoms with Gasteiger partial charge in [-0.2, -0.15) is 5.10 Å². The minimum atomic E-state index is -1.06. The van der Waals surface area contributed by atoms with Crippen molar-refractivity contribution in [2.24, 2.45) is 21.9 Å². The van der Waals surface area contributed by atoms with E-state index in [1.165, 1.54) is 11.9 Å². The van der Waals surface area contributed by atoms with Gasteiger partial charge in [0.05, 0.1) is 17.0 Å². The van der Waals surface area contributed by atoms with Crippen LogP contribution >= 0.6 is 0 Å². The molecule has 0 saturated heterocycles. The molecule has 3 atom stereocenters. The summed E-state index contributed by atoms with van der Waals surface area (Å²) >= 11 is 0. The minimum Gasteiger partial charge on any atom is -0.328 e. The van der Waals surface area contributed by atoms with Crippen molar-refractivity contribution in [1.82, 2.24) is 15.6 Å². The third-order valence-electron chi connectivity index (χ3n) is 5.97. The number of aliphatic imine (C=N–C) groups is 1. The summed E-state index contributed by atoms with van der Waals surface area (Å²) in [5, 5.41) is 11.6. The number of allylic oxidation sites excluding steroid dienone is 5. The van der Waals surface area contributed by atoms with Gasteiger partial charge in [0.15, 0.2) is 11.8 Å². The van der Waals surface area contributed by atoms with Crippen molar-refractivity contribution in [2.75, 3.05) is 7.05 Å². The fourth-order valence-corrected chi connectivity index (χ4v) is 4.11. The number of ketones is 1. The molecule has 31 heavy (non-hydrogen) atoms. The Morgan fingerprint density at radius 2 is 2.10 bits per heavy atom. The second kappa shape index (κ2) is 8.99. The summed E-state index contributed by atoms with van der Waals surface area (Å²) in [6.45, 7) is 7.62. The van der Waals surface area contributed by atoms with Gasteiger partial charge in [-0.1, -0.05) is 32.1 Å². The molecule has 0 bridgehead atoms. The van der Waals surface area contributed by atoms with Gasteiger partial charge in [-0.05, 0) is 44.3 Å². The van der Waals surface area contributed by atoms with E-state index in [0.717, 1.165) is 12.1 Å². The number of hydrogen-bond donors (Lipinski definition) is 2. The quantitative estimate of drug-likeness (QED) is 0.504. The van der Waals surface area contributed by atoms with Crippen molar-refractivity contribution >= 4 is 29.1 Å². The number of rotatable bonds is 6. The fourth-order valence-electron chi connectivity index (χ4n) is 4.11. The van der Waals surface area contributed by atoms with Gasteiger partial charge in [0.2, 0.25) is 0 Å². The Morgan fingerprint density at radius 1 is 1.35 bits per heavy atom. The molecule has 166 valence electrons. The predicted octanol–water partition coefficient (Wildman–Crippen LogP) is 2.74. The molecular weight excluding hydrogens is 394 g/mol. The molecule has 1 heterocycles. The molecule has 0 fully saturated rings. The summed E-state index contributed by atoms with van der Waals surface area (Å²) in [6, 6.07) is -1.42. The van der Waals surface area contributed by atoms with Crippen LogP contribution in [-0.2, 0) is 9.59 Å². The number of hydrazone groups is 1. The van der Waals surface area contributed by atoms with Crippen molar-refractivity contribution in [1.29, 1.82) is 0 Å². The highest BCUT2D eigenvalue weighted by atomic mass is 16.2. The van der Waals surface area contributed by atoms with Gasteiger partial charge in [0, 0.05) is 25.6 Å². The Kier molecular flexibility index (Phi) is 6.57. The number of carbonyl (C=O) groups is 3. The van der Waals surface area contributed by atoms with Crippen LogP contribution in [0.2, 0.25) is 0 Å². The van der Waals surface area contributed by atoms with E-state index >= 15 is 0 Å². The van der Waals surface area contributed by atoms with Gasteiger partial charge in [0.25, 0.3) is 5.91 Å². The van der Waals surface area contributed by atoms with Crippen molar-refractivity contribution in [3.63, 3.8) is 0 Å². The molecule has 0 aromatic carbocycles. The maximum Gasteiger partial charge on any atom is 0.341 e. The number of carbonyl (C=O) groups excluding carboxylic acids is 3. The highest BCUT2D eigenvalue weighted by molar-refractivity contribution is 6.10. The summed E-state index contributed by atoms with van der Waals surface area (Å²) in [5.74, 6) is 0.213.